The molecule has 1 heterocycles. The van der Waals surface area contributed by atoms with Crippen molar-refractivity contribution < 1.29 is 8.42 Å². The van der Waals surface area contributed by atoms with Crippen LogP contribution in [0.1, 0.15) is 11.3 Å². The molecule has 0 saturated carbocycles. The highest BCUT2D eigenvalue weighted by Gasteiger charge is 2.14. The van der Waals surface area contributed by atoms with E-state index in [1.54, 1.807) is 36.4 Å². The van der Waals surface area contributed by atoms with Gasteiger partial charge in [-0.05, 0) is 38.1 Å². The Hall–Kier alpha value is -2.18. The van der Waals surface area contributed by atoms with Crippen LogP contribution in [0.25, 0.3) is 10.6 Å². The van der Waals surface area contributed by atoms with E-state index in [-0.39, 0.29) is 4.90 Å². The highest BCUT2D eigenvalue weighted by molar-refractivity contribution is 7.92. The molecule has 3 aromatic rings. The van der Waals surface area contributed by atoms with Crippen molar-refractivity contribution in [3.8, 4) is 10.6 Å². The Labute approximate surface area is 139 Å². The third-order valence-corrected chi connectivity index (χ3v) is 5.72. The van der Waals surface area contributed by atoms with Crippen LogP contribution in [0.5, 0.6) is 0 Å². The number of hydrogen-bond donors (Lipinski definition) is 1. The number of aryl methyl sites for hydroxylation is 2. The van der Waals surface area contributed by atoms with E-state index in [9.17, 15) is 8.42 Å². The number of sulfonamides is 1. The second kappa shape index (κ2) is 6.14. The molecule has 1 aromatic heterocycles. The molecule has 6 heteroatoms. The van der Waals surface area contributed by atoms with E-state index in [2.05, 4.69) is 9.71 Å². The smallest absolute Gasteiger partial charge is 0.261 e. The van der Waals surface area contributed by atoms with Gasteiger partial charge in [-0.15, -0.1) is 11.3 Å². The maximum atomic E-state index is 12.4. The van der Waals surface area contributed by atoms with Gasteiger partial charge in [0.2, 0.25) is 0 Å². The zero-order chi connectivity index (χ0) is 16.4. The Morgan fingerprint density at radius 1 is 1.04 bits per heavy atom. The average molecular weight is 344 g/mol. The number of aromatic nitrogens is 1. The zero-order valence-electron chi connectivity index (χ0n) is 12.8. The molecule has 118 valence electrons. The van der Waals surface area contributed by atoms with Crippen LogP contribution in [-0.2, 0) is 10.0 Å². The van der Waals surface area contributed by atoms with Gasteiger partial charge in [0, 0.05) is 22.3 Å². The third kappa shape index (κ3) is 3.60. The van der Waals surface area contributed by atoms with Crippen LogP contribution in [0.15, 0.2) is 58.8 Å². The van der Waals surface area contributed by atoms with Crippen molar-refractivity contribution in [3.05, 3.63) is 65.2 Å². The van der Waals surface area contributed by atoms with Crippen LogP contribution in [0, 0.1) is 13.8 Å². The molecule has 2 aromatic carbocycles. The summed E-state index contributed by atoms with van der Waals surface area (Å²) in [6.45, 7) is 3.85. The van der Waals surface area contributed by atoms with Crippen LogP contribution in [0.3, 0.4) is 0 Å². The van der Waals surface area contributed by atoms with Crippen LogP contribution >= 0.6 is 11.3 Å². The number of benzene rings is 2. The Balaban J connectivity index is 1.89. The molecular weight excluding hydrogens is 328 g/mol. The maximum Gasteiger partial charge on any atom is 0.261 e. The second-order valence-corrected chi connectivity index (χ2v) is 7.83. The number of nitrogens with one attached hydrogen (secondary N) is 1. The number of anilines is 1. The molecule has 0 unspecified atom stereocenters. The van der Waals surface area contributed by atoms with Crippen LogP contribution in [-0.4, -0.2) is 13.4 Å². The lowest BCUT2D eigenvalue weighted by Gasteiger charge is -2.09. The van der Waals surface area contributed by atoms with Crippen molar-refractivity contribution in [1.82, 2.24) is 4.98 Å². The molecule has 0 aliphatic rings. The normalized spacial score (nSPS) is 11.4. The van der Waals surface area contributed by atoms with Gasteiger partial charge in [0.05, 0.1) is 4.90 Å². The molecule has 0 spiro atoms. The Morgan fingerprint density at radius 2 is 1.78 bits per heavy atom. The Morgan fingerprint density at radius 3 is 2.43 bits per heavy atom. The first-order valence-electron chi connectivity index (χ1n) is 7.06. The quantitative estimate of drug-likeness (QED) is 0.770. The fraction of sp³-hybridized carbons (Fsp3) is 0.118. The lowest BCUT2D eigenvalue weighted by molar-refractivity contribution is 0.601. The van der Waals surface area contributed by atoms with Crippen LogP contribution in [0.4, 0.5) is 5.69 Å². The van der Waals surface area contributed by atoms with Crippen molar-refractivity contribution >= 4 is 27.0 Å². The predicted octanol–water partition coefficient (Wildman–Crippen LogP) is 4.23. The molecular formula is C17H16N2O2S2. The van der Waals surface area contributed by atoms with Crippen LogP contribution in [0.2, 0.25) is 0 Å². The molecule has 0 radical (unpaired) electrons. The summed E-state index contributed by atoms with van der Waals surface area (Å²) in [5.41, 5.74) is 3.39. The lowest BCUT2D eigenvalue weighted by atomic mass is 10.2. The summed E-state index contributed by atoms with van der Waals surface area (Å²) < 4.78 is 27.5. The number of rotatable bonds is 4. The predicted molar refractivity (Wildman–Crippen MR) is 94.3 cm³/mol. The van der Waals surface area contributed by atoms with E-state index in [0.29, 0.717) is 5.69 Å². The molecule has 0 aliphatic heterocycles. The van der Waals surface area contributed by atoms with Gasteiger partial charge >= 0.3 is 0 Å². The maximum absolute atomic E-state index is 12.4. The molecule has 0 atom stereocenters. The lowest BCUT2D eigenvalue weighted by Crippen LogP contribution is -2.12. The van der Waals surface area contributed by atoms with E-state index in [1.807, 2.05) is 31.4 Å². The summed E-state index contributed by atoms with van der Waals surface area (Å²) >= 11 is 1.54. The standard InChI is InChI=1S/C17H16N2O2S2/c1-12-6-8-16(9-7-12)23(20,21)19-15-5-3-4-14(10-15)17-18-13(2)11-22-17/h3-11,19H,1-2H3. The Kier molecular flexibility index (Phi) is 4.19. The second-order valence-electron chi connectivity index (χ2n) is 5.29. The minimum absolute atomic E-state index is 0.249. The molecule has 0 bridgehead atoms. The van der Waals surface area contributed by atoms with Gasteiger partial charge in [-0.3, -0.25) is 4.72 Å². The highest BCUT2D eigenvalue weighted by Crippen LogP contribution is 2.27. The fourth-order valence-corrected chi connectivity index (χ4v) is 3.98. The van der Waals surface area contributed by atoms with Crippen molar-refractivity contribution in [2.24, 2.45) is 0 Å². The van der Waals surface area contributed by atoms with Gasteiger partial charge in [0.25, 0.3) is 10.0 Å². The number of hydrogen-bond acceptors (Lipinski definition) is 4. The zero-order valence-corrected chi connectivity index (χ0v) is 14.4. The van der Waals surface area contributed by atoms with E-state index in [1.165, 1.54) is 11.3 Å². The molecule has 0 fully saturated rings. The third-order valence-electron chi connectivity index (χ3n) is 3.31. The molecule has 4 nitrogen and oxygen atoms in total. The topological polar surface area (TPSA) is 59.1 Å². The van der Waals surface area contributed by atoms with Gasteiger partial charge in [0.1, 0.15) is 5.01 Å². The molecule has 1 N–H and O–H groups in total. The summed E-state index contributed by atoms with van der Waals surface area (Å²) in [5, 5.41) is 2.84. The molecule has 0 saturated heterocycles. The Bertz CT molecular complexity index is 929. The van der Waals surface area contributed by atoms with Gasteiger partial charge in [0.15, 0.2) is 0 Å². The van der Waals surface area contributed by atoms with Crippen LogP contribution < -0.4 is 4.72 Å². The van der Waals surface area contributed by atoms with Crippen molar-refractivity contribution in [2.75, 3.05) is 4.72 Å². The highest BCUT2D eigenvalue weighted by atomic mass is 32.2. The largest absolute Gasteiger partial charge is 0.280 e. The van der Waals surface area contributed by atoms with E-state index in [0.717, 1.165) is 21.8 Å². The number of thiazole rings is 1. The van der Waals surface area contributed by atoms with Crippen molar-refractivity contribution in [3.63, 3.8) is 0 Å². The number of nitrogens with zero attached hydrogens (tertiary/aromatic N) is 1. The van der Waals surface area contributed by atoms with Crippen molar-refractivity contribution in [1.29, 1.82) is 0 Å². The first-order chi connectivity index (χ1) is 10.9. The molecule has 0 amide bonds. The summed E-state index contributed by atoms with van der Waals surface area (Å²) in [6.07, 6.45) is 0. The molecule has 3 rings (SSSR count). The fourth-order valence-electron chi connectivity index (χ4n) is 2.13. The van der Waals surface area contributed by atoms with Gasteiger partial charge in [-0.2, -0.15) is 0 Å². The van der Waals surface area contributed by atoms with Gasteiger partial charge in [-0.25, -0.2) is 13.4 Å². The van der Waals surface area contributed by atoms with E-state index >= 15 is 0 Å². The van der Waals surface area contributed by atoms with Crippen molar-refractivity contribution in [2.45, 2.75) is 18.7 Å². The molecule has 0 aliphatic carbocycles. The molecule has 23 heavy (non-hydrogen) atoms. The minimum Gasteiger partial charge on any atom is -0.280 e. The summed E-state index contributed by atoms with van der Waals surface area (Å²) in [7, 11) is -3.59. The van der Waals surface area contributed by atoms with Gasteiger partial charge < -0.3 is 0 Å². The van der Waals surface area contributed by atoms with E-state index in [4.69, 9.17) is 0 Å². The first-order valence-corrected chi connectivity index (χ1v) is 9.42. The van der Waals surface area contributed by atoms with E-state index < -0.39 is 10.0 Å². The summed E-state index contributed by atoms with van der Waals surface area (Å²) in [5.74, 6) is 0. The average Bonchev–Trinajstić information content (AvgIpc) is 2.94. The minimum atomic E-state index is -3.59. The summed E-state index contributed by atoms with van der Waals surface area (Å²) in [6, 6.07) is 14.0. The summed E-state index contributed by atoms with van der Waals surface area (Å²) in [4.78, 5) is 4.68. The SMILES string of the molecule is Cc1ccc(S(=O)(=O)Nc2cccc(-c3nc(C)cs3)c2)cc1. The first kappa shape index (κ1) is 15.7. The van der Waals surface area contributed by atoms with Gasteiger partial charge in [-0.1, -0.05) is 29.8 Å². The monoisotopic (exact) mass is 344 g/mol.